The van der Waals surface area contributed by atoms with Crippen LogP contribution < -0.4 is 23.8 Å². The number of fused-ring (bicyclic) bond motifs is 5. The SMILES string of the molecule is CCCCCN(CCCCC)c1cc(OC)c(OC)c2c1CC1c3cc4c(cc3CCN1C2)OCO4. The van der Waals surface area contributed by atoms with Crippen LogP contribution >= 0.6 is 0 Å². The van der Waals surface area contributed by atoms with Gasteiger partial charge >= 0.3 is 0 Å². The Morgan fingerprint density at radius 3 is 2.31 bits per heavy atom. The van der Waals surface area contributed by atoms with E-state index in [0.29, 0.717) is 12.8 Å². The smallest absolute Gasteiger partial charge is 0.231 e. The second-order valence-electron chi connectivity index (χ2n) is 10.3. The molecule has 0 N–H and O–H groups in total. The predicted molar refractivity (Wildman–Crippen MR) is 144 cm³/mol. The zero-order valence-corrected chi connectivity index (χ0v) is 22.5. The molecule has 5 rings (SSSR count). The Hall–Kier alpha value is -2.60. The molecule has 0 amide bonds. The fourth-order valence-corrected chi connectivity index (χ4v) is 6.20. The summed E-state index contributed by atoms with van der Waals surface area (Å²) in [4.78, 5) is 5.24. The van der Waals surface area contributed by atoms with Gasteiger partial charge in [-0.25, -0.2) is 0 Å². The largest absolute Gasteiger partial charge is 0.493 e. The van der Waals surface area contributed by atoms with E-state index in [1.807, 2.05) is 0 Å². The van der Waals surface area contributed by atoms with Crippen molar-refractivity contribution in [2.45, 2.75) is 77.8 Å². The molecule has 3 aliphatic rings. The van der Waals surface area contributed by atoms with Gasteiger partial charge in [-0.3, -0.25) is 4.90 Å². The van der Waals surface area contributed by atoms with Crippen molar-refractivity contribution in [1.82, 2.24) is 4.90 Å². The van der Waals surface area contributed by atoms with Gasteiger partial charge < -0.3 is 23.8 Å². The summed E-state index contributed by atoms with van der Waals surface area (Å²) in [5.41, 5.74) is 6.84. The van der Waals surface area contributed by atoms with Crippen molar-refractivity contribution >= 4 is 5.69 Å². The molecule has 3 aliphatic heterocycles. The number of rotatable bonds is 11. The number of methoxy groups -OCH3 is 2. The van der Waals surface area contributed by atoms with Crippen LogP contribution in [0.2, 0.25) is 0 Å². The number of hydrogen-bond acceptors (Lipinski definition) is 6. The van der Waals surface area contributed by atoms with Crippen molar-refractivity contribution in [3.8, 4) is 23.0 Å². The van der Waals surface area contributed by atoms with Crippen molar-refractivity contribution in [2.24, 2.45) is 0 Å². The molecule has 0 fully saturated rings. The summed E-state index contributed by atoms with van der Waals surface area (Å²) in [6.07, 6.45) is 9.41. The molecular formula is C30H42N2O4. The number of benzene rings is 2. The van der Waals surface area contributed by atoms with E-state index >= 15 is 0 Å². The van der Waals surface area contributed by atoms with Gasteiger partial charge in [0.1, 0.15) is 0 Å². The van der Waals surface area contributed by atoms with Crippen molar-refractivity contribution < 1.29 is 18.9 Å². The van der Waals surface area contributed by atoms with E-state index in [0.717, 1.165) is 62.0 Å². The average Bonchev–Trinajstić information content (AvgIpc) is 3.36. The van der Waals surface area contributed by atoms with Crippen molar-refractivity contribution in [2.75, 3.05) is 45.5 Å². The first-order chi connectivity index (χ1) is 17.7. The molecule has 2 aromatic rings. The minimum absolute atomic E-state index is 0.320. The van der Waals surface area contributed by atoms with Gasteiger partial charge in [0.15, 0.2) is 23.0 Å². The molecule has 36 heavy (non-hydrogen) atoms. The normalized spacial score (nSPS) is 17.8. The Balaban J connectivity index is 1.56. The topological polar surface area (TPSA) is 43.4 Å². The summed E-state index contributed by atoms with van der Waals surface area (Å²) in [7, 11) is 3.54. The second-order valence-corrected chi connectivity index (χ2v) is 10.3. The van der Waals surface area contributed by atoms with E-state index in [1.165, 1.54) is 66.5 Å². The Kier molecular flexibility index (Phi) is 7.80. The molecule has 6 nitrogen and oxygen atoms in total. The molecule has 0 radical (unpaired) electrons. The molecule has 0 spiro atoms. The molecule has 0 aromatic heterocycles. The highest BCUT2D eigenvalue weighted by Crippen LogP contribution is 2.49. The van der Waals surface area contributed by atoms with Crippen LogP contribution in [0.1, 0.15) is 80.7 Å². The molecule has 0 aliphatic carbocycles. The molecule has 3 heterocycles. The minimum Gasteiger partial charge on any atom is -0.493 e. The lowest BCUT2D eigenvalue weighted by Crippen LogP contribution is -2.40. The van der Waals surface area contributed by atoms with Gasteiger partial charge in [-0.05, 0) is 54.5 Å². The third-order valence-corrected chi connectivity index (χ3v) is 8.13. The zero-order valence-electron chi connectivity index (χ0n) is 22.5. The van der Waals surface area contributed by atoms with E-state index in [-0.39, 0.29) is 0 Å². The highest BCUT2D eigenvalue weighted by atomic mass is 16.7. The van der Waals surface area contributed by atoms with Crippen LogP contribution in [0.5, 0.6) is 23.0 Å². The highest BCUT2D eigenvalue weighted by Gasteiger charge is 2.37. The van der Waals surface area contributed by atoms with E-state index in [4.69, 9.17) is 18.9 Å². The fraction of sp³-hybridized carbons (Fsp3) is 0.600. The summed E-state index contributed by atoms with van der Waals surface area (Å²) < 4.78 is 23.3. The molecular weight excluding hydrogens is 452 g/mol. The fourth-order valence-electron chi connectivity index (χ4n) is 6.20. The summed E-state index contributed by atoms with van der Waals surface area (Å²) >= 11 is 0. The van der Waals surface area contributed by atoms with Crippen LogP contribution in [0.4, 0.5) is 5.69 Å². The average molecular weight is 495 g/mol. The van der Waals surface area contributed by atoms with Crippen LogP contribution in [0.3, 0.4) is 0 Å². The number of hydrogen-bond donors (Lipinski definition) is 0. The summed E-state index contributed by atoms with van der Waals surface area (Å²) in [6, 6.07) is 7.03. The Labute approximate surface area is 216 Å². The molecule has 1 unspecified atom stereocenters. The maximum atomic E-state index is 5.97. The maximum Gasteiger partial charge on any atom is 0.231 e. The Morgan fingerprint density at radius 1 is 0.917 bits per heavy atom. The summed E-state index contributed by atoms with van der Waals surface area (Å²) in [6.45, 7) is 8.95. The van der Waals surface area contributed by atoms with Gasteiger partial charge in [0.05, 0.1) is 14.2 Å². The first-order valence-corrected chi connectivity index (χ1v) is 13.9. The molecule has 0 saturated carbocycles. The summed E-state index contributed by atoms with van der Waals surface area (Å²) in [5.74, 6) is 3.52. The molecule has 0 bridgehead atoms. The van der Waals surface area contributed by atoms with Gasteiger partial charge in [0, 0.05) is 49.5 Å². The molecule has 0 saturated heterocycles. The van der Waals surface area contributed by atoms with Gasteiger partial charge in [0.2, 0.25) is 6.79 Å². The van der Waals surface area contributed by atoms with Gasteiger partial charge in [-0.15, -0.1) is 0 Å². The number of ether oxygens (including phenoxy) is 4. The third kappa shape index (κ3) is 4.72. The van der Waals surface area contributed by atoms with Crippen molar-refractivity contribution in [3.05, 3.63) is 40.5 Å². The molecule has 1 atom stereocenters. The summed E-state index contributed by atoms with van der Waals surface area (Å²) in [5, 5.41) is 0. The third-order valence-electron chi connectivity index (χ3n) is 8.13. The number of nitrogens with zero attached hydrogens (tertiary/aromatic N) is 2. The minimum atomic E-state index is 0.320. The lowest BCUT2D eigenvalue weighted by atomic mass is 9.82. The van der Waals surface area contributed by atoms with Crippen LogP contribution in [-0.2, 0) is 19.4 Å². The van der Waals surface area contributed by atoms with Crippen LogP contribution in [0.15, 0.2) is 18.2 Å². The molecule has 2 aromatic carbocycles. The van der Waals surface area contributed by atoms with Crippen LogP contribution in [-0.4, -0.2) is 45.5 Å². The van der Waals surface area contributed by atoms with E-state index in [1.54, 1.807) is 14.2 Å². The second kappa shape index (κ2) is 11.2. The lowest BCUT2D eigenvalue weighted by molar-refractivity contribution is 0.157. The van der Waals surface area contributed by atoms with E-state index in [9.17, 15) is 0 Å². The molecule has 196 valence electrons. The Morgan fingerprint density at radius 2 is 1.64 bits per heavy atom. The first kappa shape index (κ1) is 25.1. The number of unbranched alkanes of at least 4 members (excludes halogenated alkanes) is 4. The monoisotopic (exact) mass is 494 g/mol. The predicted octanol–water partition coefficient (Wildman–Crippen LogP) is 6.27. The van der Waals surface area contributed by atoms with Gasteiger partial charge in [-0.2, -0.15) is 0 Å². The maximum absolute atomic E-state index is 5.97. The lowest BCUT2D eigenvalue weighted by Gasteiger charge is -2.43. The zero-order chi connectivity index (χ0) is 25.1. The highest BCUT2D eigenvalue weighted by molar-refractivity contribution is 5.68. The van der Waals surface area contributed by atoms with E-state index in [2.05, 4.69) is 41.8 Å². The van der Waals surface area contributed by atoms with Crippen molar-refractivity contribution in [3.63, 3.8) is 0 Å². The van der Waals surface area contributed by atoms with Crippen LogP contribution in [0, 0.1) is 0 Å². The van der Waals surface area contributed by atoms with Gasteiger partial charge in [0.25, 0.3) is 0 Å². The number of anilines is 1. The first-order valence-electron chi connectivity index (χ1n) is 13.9. The molecule has 6 heteroatoms. The standard InChI is InChI=1S/C30H42N2O4/c1-5-7-9-12-31(13-10-8-6-2)26-18-29(33-3)30(34-4)24-19-32-14-11-21-15-27-28(36-20-35-27)17-22(21)25(32)16-23(24)26/h15,17-18,25H,5-14,16,19-20H2,1-4H3. The van der Waals surface area contributed by atoms with Crippen LogP contribution in [0.25, 0.3) is 0 Å². The quantitative estimate of drug-likeness (QED) is 0.343. The Bertz CT molecular complexity index is 1060. The van der Waals surface area contributed by atoms with E-state index < -0.39 is 0 Å². The van der Waals surface area contributed by atoms with Crippen molar-refractivity contribution in [1.29, 1.82) is 0 Å². The van der Waals surface area contributed by atoms with Gasteiger partial charge in [-0.1, -0.05) is 39.5 Å².